The summed E-state index contributed by atoms with van der Waals surface area (Å²) in [6, 6.07) is 13.0. The van der Waals surface area contributed by atoms with Crippen LogP contribution in [0.2, 0.25) is 0 Å². The van der Waals surface area contributed by atoms with E-state index in [2.05, 4.69) is 0 Å². The molecular weight excluding hydrogens is 499 g/mol. The third-order valence-electron chi connectivity index (χ3n) is 6.42. The van der Waals surface area contributed by atoms with Crippen molar-refractivity contribution >= 4 is 32.8 Å². The first-order chi connectivity index (χ1) is 17.5. The molecule has 7 nitrogen and oxygen atoms in total. The van der Waals surface area contributed by atoms with Gasteiger partial charge in [-0.25, -0.2) is 22.5 Å². The van der Waals surface area contributed by atoms with Gasteiger partial charge in [0.15, 0.2) is 0 Å². The second-order valence-electron chi connectivity index (χ2n) is 8.92. The second kappa shape index (κ2) is 11.2. The maximum atomic E-state index is 13.5. The Bertz CT molecular complexity index is 1380. The Morgan fingerprint density at radius 2 is 1.56 bits per heavy atom. The van der Waals surface area contributed by atoms with Gasteiger partial charge in [0.05, 0.1) is 29.5 Å². The van der Waals surface area contributed by atoms with Crippen LogP contribution in [0.15, 0.2) is 68.9 Å². The number of thiazole rings is 1. The zero-order valence-corrected chi connectivity index (χ0v) is 21.6. The Morgan fingerprint density at radius 1 is 0.889 bits per heavy atom. The number of benzene rings is 2. The van der Waals surface area contributed by atoms with Crippen molar-refractivity contribution in [3.8, 4) is 11.3 Å². The molecule has 1 aliphatic heterocycles. The summed E-state index contributed by atoms with van der Waals surface area (Å²) in [6.45, 7) is 1.53. The molecular formula is C26H29FN4O3S2. The number of sulfonamides is 1. The van der Waals surface area contributed by atoms with E-state index in [9.17, 15) is 12.8 Å². The number of morpholine rings is 1. The number of aromatic nitrogens is 1. The van der Waals surface area contributed by atoms with Gasteiger partial charge in [-0.1, -0.05) is 12.8 Å². The summed E-state index contributed by atoms with van der Waals surface area (Å²) in [6.07, 6.45) is 6.60. The van der Waals surface area contributed by atoms with Gasteiger partial charge in [0.1, 0.15) is 5.82 Å². The number of hydrogen-bond acceptors (Lipinski definition) is 6. The molecule has 1 aliphatic carbocycles. The van der Waals surface area contributed by atoms with Crippen molar-refractivity contribution < 1.29 is 17.5 Å². The minimum absolute atomic E-state index is 0.244. The van der Waals surface area contributed by atoms with Crippen molar-refractivity contribution in [1.82, 2.24) is 8.98 Å². The molecule has 0 amide bonds. The number of rotatable bonds is 5. The van der Waals surface area contributed by atoms with Crippen LogP contribution < -0.4 is 4.80 Å². The average Bonchev–Trinajstić information content (AvgIpc) is 3.10. The second-order valence-corrected chi connectivity index (χ2v) is 11.7. The lowest BCUT2D eigenvalue weighted by atomic mass is 10.2. The van der Waals surface area contributed by atoms with Crippen LogP contribution in [0, 0.1) is 5.82 Å². The maximum Gasteiger partial charge on any atom is 0.243 e. The van der Waals surface area contributed by atoms with Gasteiger partial charge in [0.25, 0.3) is 0 Å². The van der Waals surface area contributed by atoms with E-state index in [1.54, 1.807) is 36.4 Å². The Balaban J connectivity index is 1.51. The molecule has 1 aromatic heterocycles. The predicted octanol–water partition coefficient (Wildman–Crippen LogP) is 5.17. The smallest absolute Gasteiger partial charge is 0.243 e. The summed E-state index contributed by atoms with van der Waals surface area (Å²) in [5, 5.41) is 6.97. The van der Waals surface area contributed by atoms with Crippen LogP contribution in [0.25, 0.3) is 11.3 Å². The van der Waals surface area contributed by atoms with Crippen molar-refractivity contribution in [3.05, 3.63) is 64.5 Å². The molecule has 10 heteroatoms. The summed E-state index contributed by atoms with van der Waals surface area (Å²) in [4.78, 5) is 5.72. The zero-order valence-electron chi connectivity index (χ0n) is 20.0. The van der Waals surface area contributed by atoms with E-state index in [0.29, 0.717) is 36.8 Å². The van der Waals surface area contributed by atoms with Crippen LogP contribution in [0.5, 0.6) is 0 Å². The lowest BCUT2D eigenvalue weighted by Gasteiger charge is -2.26. The summed E-state index contributed by atoms with van der Waals surface area (Å²) in [5.41, 5.74) is 3.49. The fraction of sp³-hybridized carbons (Fsp3) is 0.385. The van der Waals surface area contributed by atoms with Gasteiger partial charge in [-0.3, -0.25) is 0 Å². The zero-order chi connectivity index (χ0) is 25.0. The van der Waals surface area contributed by atoms with E-state index in [4.69, 9.17) is 14.8 Å². The Hall–Kier alpha value is -2.66. The van der Waals surface area contributed by atoms with E-state index in [1.165, 1.54) is 40.6 Å². The van der Waals surface area contributed by atoms with E-state index in [0.717, 1.165) is 42.7 Å². The summed E-state index contributed by atoms with van der Waals surface area (Å²) >= 11 is 1.45. The van der Waals surface area contributed by atoms with Crippen LogP contribution in [0.1, 0.15) is 38.5 Å². The van der Waals surface area contributed by atoms with Crippen molar-refractivity contribution in [1.29, 1.82) is 0 Å². The average molecular weight is 529 g/mol. The topological polar surface area (TPSA) is 76.3 Å². The summed E-state index contributed by atoms with van der Waals surface area (Å²) in [7, 11) is -3.56. The van der Waals surface area contributed by atoms with Crippen molar-refractivity contribution in [3.63, 3.8) is 0 Å². The molecule has 0 unspecified atom stereocenters. The highest BCUT2D eigenvalue weighted by atomic mass is 32.2. The fourth-order valence-electron chi connectivity index (χ4n) is 4.41. The van der Waals surface area contributed by atoms with Crippen LogP contribution in [-0.4, -0.2) is 49.4 Å². The van der Waals surface area contributed by atoms with Crippen LogP contribution >= 0.6 is 11.3 Å². The summed E-state index contributed by atoms with van der Waals surface area (Å²) < 4.78 is 48.0. The summed E-state index contributed by atoms with van der Waals surface area (Å²) in [5.74, 6) is -0.285. The van der Waals surface area contributed by atoms with Crippen LogP contribution in [-0.2, 0) is 14.8 Å². The molecule has 0 N–H and O–H groups in total. The number of nitrogens with zero attached hydrogens (tertiary/aromatic N) is 4. The highest BCUT2D eigenvalue weighted by Crippen LogP contribution is 2.24. The molecule has 2 aromatic carbocycles. The quantitative estimate of drug-likeness (QED) is 0.429. The molecule has 1 saturated carbocycles. The minimum Gasteiger partial charge on any atom is -0.379 e. The molecule has 190 valence electrons. The van der Waals surface area contributed by atoms with Crippen molar-refractivity contribution in [2.45, 2.75) is 43.4 Å². The van der Waals surface area contributed by atoms with Gasteiger partial charge in [0.2, 0.25) is 14.8 Å². The first-order valence-electron chi connectivity index (χ1n) is 12.3. The molecule has 0 bridgehead atoms. The van der Waals surface area contributed by atoms with E-state index in [-0.39, 0.29) is 10.7 Å². The monoisotopic (exact) mass is 528 g/mol. The maximum absolute atomic E-state index is 13.5. The minimum atomic E-state index is -3.56. The Kier molecular flexibility index (Phi) is 7.76. The van der Waals surface area contributed by atoms with Crippen molar-refractivity contribution in [2.24, 2.45) is 10.1 Å². The normalized spacial score (nSPS) is 18.2. The molecule has 2 aliphatic rings. The number of halogens is 1. The SMILES string of the molecule is O=S(=O)(c1ccc(N=c2scc(-c3ccc(F)cc3)n2N=C2CCCCCC2)cc1)N1CCOCC1. The molecule has 0 atom stereocenters. The molecule has 36 heavy (non-hydrogen) atoms. The van der Waals surface area contributed by atoms with Gasteiger partial charge in [-0.05, 0) is 74.2 Å². The molecule has 5 rings (SSSR count). The van der Waals surface area contributed by atoms with Gasteiger partial charge in [0, 0.05) is 29.7 Å². The van der Waals surface area contributed by atoms with E-state index >= 15 is 0 Å². The lowest BCUT2D eigenvalue weighted by Crippen LogP contribution is -2.40. The molecule has 0 spiro atoms. The van der Waals surface area contributed by atoms with Gasteiger partial charge in [-0.2, -0.15) is 9.41 Å². The standard InChI is InChI=1S/C26H29FN4O3S2/c27-21-9-7-20(8-10-21)25-19-35-26(31(25)29-23-5-3-1-2-4-6-23)28-22-11-13-24(14-12-22)36(32,33)30-15-17-34-18-16-30/h7-14,19H,1-6,15-18H2. The lowest BCUT2D eigenvalue weighted by molar-refractivity contribution is 0.0730. The van der Waals surface area contributed by atoms with E-state index in [1.807, 2.05) is 10.1 Å². The van der Waals surface area contributed by atoms with Crippen molar-refractivity contribution in [2.75, 3.05) is 26.3 Å². The number of hydrogen-bond donors (Lipinski definition) is 0. The first-order valence-corrected chi connectivity index (χ1v) is 14.6. The molecule has 3 aromatic rings. The van der Waals surface area contributed by atoms with Crippen LogP contribution in [0.3, 0.4) is 0 Å². The first kappa shape index (κ1) is 25.0. The molecule has 1 saturated heterocycles. The Labute approximate surface area is 214 Å². The third kappa shape index (κ3) is 5.67. The molecule has 2 heterocycles. The Morgan fingerprint density at radius 3 is 2.22 bits per heavy atom. The molecule has 0 radical (unpaired) electrons. The third-order valence-corrected chi connectivity index (χ3v) is 9.15. The van der Waals surface area contributed by atoms with Gasteiger partial charge in [-0.15, -0.1) is 11.3 Å². The molecule has 2 fully saturated rings. The predicted molar refractivity (Wildman–Crippen MR) is 139 cm³/mol. The van der Waals surface area contributed by atoms with Crippen LogP contribution in [0.4, 0.5) is 10.1 Å². The number of ether oxygens (including phenoxy) is 1. The van der Waals surface area contributed by atoms with E-state index < -0.39 is 10.0 Å². The highest BCUT2D eigenvalue weighted by molar-refractivity contribution is 7.89. The van der Waals surface area contributed by atoms with Gasteiger partial charge < -0.3 is 4.74 Å². The highest BCUT2D eigenvalue weighted by Gasteiger charge is 2.26. The largest absolute Gasteiger partial charge is 0.379 e. The fourth-order valence-corrected chi connectivity index (χ4v) is 6.67. The van der Waals surface area contributed by atoms with Gasteiger partial charge >= 0.3 is 0 Å².